The van der Waals surface area contributed by atoms with Crippen LogP contribution in [0.5, 0.6) is 0 Å². The van der Waals surface area contributed by atoms with Gasteiger partial charge in [-0.3, -0.25) is 4.79 Å². The summed E-state index contributed by atoms with van der Waals surface area (Å²) in [6.07, 6.45) is 1.14. The number of benzene rings is 1. The van der Waals surface area contributed by atoms with Gasteiger partial charge in [0.05, 0.1) is 6.61 Å². The summed E-state index contributed by atoms with van der Waals surface area (Å²) in [4.78, 5) is 33.3. The van der Waals surface area contributed by atoms with Gasteiger partial charge in [-0.15, -0.1) is 0 Å². The predicted octanol–water partition coefficient (Wildman–Crippen LogP) is 2.58. The van der Waals surface area contributed by atoms with Crippen molar-refractivity contribution < 1.29 is 14.3 Å². The van der Waals surface area contributed by atoms with Crippen LogP contribution in [-0.2, 0) is 4.74 Å². The van der Waals surface area contributed by atoms with Crippen molar-refractivity contribution in [3.63, 3.8) is 0 Å². The summed E-state index contributed by atoms with van der Waals surface area (Å²) in [6, 6.07) is 16.2. The van der Waals surface area contributed by atoms with Gasteiger partial charge in [-0.1, -0.05) is 36.4 Å². The van der Waals surface area contributed by atoms with Crippen molar-refractivity contribution in [1.82, 2.24) is 20.5 Å². The van der Waals surface area contributed by atoms with E-state index >= 15 is 0 Å². The number of ether oxygens (including phenoxy) is 1. The van der Waals surface area contributed by atoms with Gasteiger partial charge in [0.2, 0.25) is 0 Å². The van der Waals surface area contributed by atoms with Crippen LogP contribution in [-0.4, -0.2) is 67.3 Å². The summed E-state index contributed by atoms with van der Waals surface area (Å²) in [7, 11) is 0. The van der Waals surface area contributed by atoms with E-state index in [1.807, 2.05) is 18.2 Å². The molecule has 32 heavy (non-hydrogen) atoms. The third kappa shape index (κ3) is 5.37. The number of rotatable bonds is 5. The summed E-state index contributed by atoms with van der Waals surface area (Å²) < 4.78 is 5.05. The third-order valence-corrected chi connectivity index (χ3v) is 6.02. The van der Waals surface area contributed by atoms with Gasteiger partial charge in [0, 0.05) is 44.8 Å². The number of hydrogen-bond donors (Lipinski definition) is 2. The zero-order chi connectivity index (χ0) is 22.3. The van der Waals surface area contributed by atoms with Crippen LogP contribution >= 0.6 is 0 Å². The quantitative estimate of drug-likeness (QED) is 0.748. The number of piperazine rings is 1. The molecule has 2 aliphatic heterocycles. The van der Waals surface area contributed by atoms with Gasteiger partial charge in [0.1, 0.15) is 11.5 Å². The Hall–Kier alpha value is -3.13. The van der Waals surface area contributed by atoms with Gasteiger partial charge in [-0.25, -0.2) is 9.78 Å². The third-order valence-electron chi connectivity index (χ3n) is 6.02. The lowest BCUT2D eigenvalue weighted by atomic mass is 10.0. The van der Waals surface area contributed by atoms with Gasteiger partial charge in [0.25, 0.3) is 5.91 Å². The molecule has 2 aliphatic rings. The molecule has 1 aromatic heterocycles. The Morgan fingerprint density at radius 3 is 2.62 bits per heavy atom. The molecule has 0 spiro atoms. The molecule has 8 nitrogen and oxygen atoms in total. The second-order valence-electron chi connectivity index (χ2n) is 8.18. The van der Waals surface area contributed by atoms with E-state index in [0.717, 1.165) is 25.5 Å². The fourth-order valence-electron chi connectivity index (χ4n) is 4.27. The number of carbonyl (C=O) groups excluding carboxylic acids is 2. The normalized spacial score (nSPS) is 19.5. The maximum atomic E-state index is 12.8. The standard InChI is InChI=1S/C24H31N5O3/c1-2-32-24(31)28-14-11-19(12-15-28)26-23(30)20-9-6-10-22(27-20)29-16-13-25-21(17-29)18-7-4-3-5-8-18/h3-10,19,21,25H,2,11-17H2,1H3,(H,26,30)/t21-/m1/s1. The molecule has 0 saturated carbocycles. The number of piperidine rings is 1. The number of pyridine rings is 1. The van der Waals surface area contributed by atoms with Crippen molar-refractivity contribution in [3.8, 4) is 0 Å². The summed E-state index contributed by atoms with van der Waals surface area (Å²) >= 11 is 0. The van der Waals surface area contributed by atoms with Crippen LogP contribution in [0, 0.1) is 0 Å². The molecule has 1 aromatic carbocycles. The van der Waals surface area contributed by atoms with Gasteiger partial charge < -0.3 is 25.2 Å². The highest BCUT2D eigenvalue weighted by atomic mass is 16.6. The summed E-state index contributed by atoms with van der Waals surface area (Å²) in [6.45, 7) is 5.83. The number of amides is 2. The van der Waals surface area contributed by atoms with Crippen LogP contribution in [0.2, 0.25) is 0 Å². The molecule has 2 amide bonds. The first kappa shape index (κ1) is 22.1. The minimum absolute atomic E-state index is 0.0280. The van der Waals surface area contributed by atoms with Crippen molar-refractivity contribution in [1.29, 1.82) is 0 Å². The number of nitrogens with zero attached hydrogens (tertiary/aromatic N) is 3. The Morgan fingerprint density at radius 1 is 1.09 bits per heavy atom. The molecular formula is C24H31N5O3. The first-order chi connectivity index (χ1) is 15.6. The number of hydrogen-bond acceptors (Lipinski definition) is 6. The largest absolute Gasteiger partial charge is 0.450 e. The van der Waals surface area contributed by atoms with Crippen LogP contribution in [0.15, 0.2) is 48.5 Å². The molecule has 2 N–H and O–H groups in total. The average molecular weight is 438 g/mol. The lowest BCUT2D eigenvalue weighted by Gasteiger charge is -2.35. The van der Waals surface area contributed by atoms with Crippen LogP contribution < -0.4 is 15.5 Å². The molecule has 170 valence electrons. The fraction of sp³-hybridized carbons (Fsp3) is 0.458. The van der Waals surface area contributed by atoms with Crippen LogP contribution in [0.1, 0.15) is 41.9 Å². The number of nitrogens with one attached hydrogen (secondary N) is 2. The van der Waals surface area contributed by atoms with Crippen molar-refractivity contribution in [2.75, 3.05) is 44.2 Å². The van der Waals surface area contributed by atoms with Gasteiger partial charge in [-0.05, 0) is 37.5 Å². The molecule has 0 unspecified atom stereocenters. The van der Waals surface area contributed by atoms with Crippen molar-refractivity contribution >= 4 is 17.8 Å². The topological polar surface area (TPSA) is 86.8 Å². The Kier molecular flexibility index (Phi) is 7.21. The first-order valence-electron chi connectivity index (χ1n) is 11.4. The number of aromatic nitrogens is 1. The Labute approximate surface area is 188 Å². The van der Waals surface area contributed by atoms with Crippen molar-refractivity contribution in [2.45, 2.75) is 31.8 Å². The highest BCUT2D eigenvalue weighted by Crippen LogP contribution is 2.21. The first-order valence-corrected chi connectivity index (χ1v) is 11.4. The van der Waals surface area contributed by atoms with Gasteiger partial charge >= 0.3 is 6.09 Å². The van der Waals surface area contributed by atoms with Crippen LogP contribution in [0.4, 0.5) is 10.6 Å². The zero-order valence-corrected chi connectivity index (χ0v) is 18.5. The molecule has 0 bridgehead atoms. The fourth-order valence-corrected chi connectivity index (χ4v) is 4.27. The van der Waals surface area contributed by atoms with Crippen LogP contribution in [0.25, 0.3) is 0 Å². The summed E-state index contributed by atoms with van der Waals surface area (Å²) in [5.74, 6) is 0.647. The van der Waals surface area contributed by atoms with Gasteiger partial charge in [0.15, 0.2) is 0 Å². The van der Waals surface area contributed by atoms with E-state index < -0.39 is 0 Å². The maximum absolute atomic E-state index is 12.8. The maximum Gasteiger partial charge on any atom is 0.409 e. The SMILES string of the molecule is CCOC(=O)N1CCC(NC(=O)c2cccc(N3CCN[C@@H](c4ccccc4)C3)n2)CC1. The molecule has 2 aromatic rings. The molecular weight excluding hydrogens is 406 g/mol. The second kappa shape index (κ2) is 10.5. The van der Waals surface area contributed by atoms with E-state index in [0.29, 0.717) is 38.2 Å². The van der Waals surface area contributed by atoms with E-state index in [4.69, 9.17) is 4.74 Å². The average Bonchev–Trinajstić information content (AvgIpc) is 2.85. The highest BCUT2D eigenvalue weighted by molar-refractivity contribution is 5.92. The van der Waals surface area contributed by atoms with E-state index in [2.05, 4.69) is 44.8 Å². The zero-order valence-electron chi connectivity index (χ0n) is 18.5. The molecule has 2 fully saturated rings. The molecule has 2 saturated heterocycles. The monoisotopic (exact) mass is 437 g/mol. The molecule has 0 radical (unpaired) electrons. The number of carbonyl (C=O) groups is 2. The van der Waals surface area contributed by atoms with E-state index in [1.54, 1.807) is 17.9 Å². The second-order valence-corrected chi connectivity index (χ2v) is 8.18. The van der Waals surface area contributed by atoms with E-state index in [-0.39, 0.29) is 24.1 Å². The van der Waals surface area contributed by atoms with Crippen molar-refractivity contribution in [3.05, 3.63) is 59.8 Å². The Bertz CT molecular complexity index is 915. The summed E-state index contributed by atoms with van der Waals surface area (Å²) in [5, 5.41) is 6.64. The number of likely N-dealkylation sites (tertiary alicyclic amines) is 1. The minimum atomic E-state index is -0.281. The van der Waals surface area contributed by atoms with Gasteiger partial charge in [-0.2, -0.15) is 0 Å². The minimum Gasteiger partial charge on any atom is -0.450 e. The van der Waals surface area contributed by atoms with E-state index in [9.17, 15) is 9.59 Å². The van der Waals surface area contributed by atoms with Crippen LogP contribution in [0.3, 0.4) is 0 Å². The molecule has 0 aliphatic carbocycles. The summed E-state index contributed by atoms with van der Waals surface area (Å²) in [5.41, 5.74) is 1.67. The number of anilines is 1. The van der Waals surface area contributed by atoms with Crippen molar-refractivity contribution in [2.24, 2.45) is 0 Å². The smallest absolute Gasteiger partial charge is 0.409 e. The highest BCUT2D eigenvalue weighted by Gasteiger charge is 2.26. The lowest BCUT2D eigenvalue weighted by molar-refractivity contribution is 0.0856. The Morgan fingerprint density at radius 2 is 1.88 bits per heavy atom. The molecule has 3 heterocycles. The van der Waals surface area contributed by atoms with E-state index in [1.165, 1.54) is 5.56 Å². The predicted molar refractivity (Wildman–Crippen MR) is 123 cm³/mol. The molecule has 4 rings (SSSR count). The molecule has 8 heteroatoms. The molecule has 1 atom stereocenters. The lowest BCUT2D eigenvalue weighted by Crippen LogP contribution is -2.47. The Balaban J connectivity index is 1.35.